The minimum absolute atomic E-state index is 0.0229. The SMILES string of the molecule is Nc1nnnn1CC(=O)N/N=C/c1ccc(-c2ccccc2F)o1. The van der Waals surface area contributed by atoms with E-state index in [4.69, 9.17) is 10.2 Å². The van der Waals surface area contributed by atoms with Crippen LogP contribution in [0, 0.1) is 5.82 Å². The molecule has 9 nitrogen and oxygen atoms in total. The molecule has 0 aliphatic heterocycles. The van der Waals surface area contributed by atoms with Crippen molar-refractivity contribution in [2.75, 3.05) is 5.73 Å². The number of tetrazole rings is 1. The molecular formula is C14H12FN7O2. The van der Waals surface area contributed by atoms with Gasteiger partial charge in [0.1, 0.15) is 23.9 Å². The Balaban J connectivity index is 1.61. The minimum atomic E-state index is -0.467. The van der Waals surface area contributed by atoms with E-state index in [0.29, 0.717) is 17.1 Å². The van der Waals surface area contributed by atoms with Crippen molar-refractivity contribution in [1.29, 1.82) is 0 Å². The Bertz CT molecular complexity index is 887. The monoisotopic (exact) mass is 329 g/mol. The highest BCUT2D eigenvalue weighted by molar-refractivity contribution is 5.81. The Kier molecular flexibility index (Phi) is 4.27. The number of nitrogen functional groups attached to an aromatic ring is 1. The van der Waals surface area contributed by atoms with E-state index >= 15 is 0 Å². The zero-order valence-electron chi connectivity index (χ0n) is 12.3. The molecule has 10 heteroatoms. The Labute approximate surface area is 135 Å². The van der Waals surface area contributed by atoms with Gasteiger partial charge in [0.15, 0.2) is 0 Å². The largest absolute Gasteiger partial charge is 0.455 e. The van der Waals surface area contributed by atoms with Crippen LogP contribution in [0.3, 0.4) is 0 Å². The number of hydrazone groups is 1. The Morgan fingerprint density at radius 1 is 1.38 bits per heavy atom. The van der Waals surface area contributed by atoms with E-state index < -0.39 is 5.91 Å². The van der Waals surface area contributed by atoms with Crippen molar-refractivity contribution < 1.29 is 13.6 Å². The highest BCUT2D eigenvalue weighted by Gasteiger charge is 2.09. The molecule has 0 fully saturated rings. The first-order chi connectivity index (χ1) is 11.6. The maximum absolute atomic E-state index is 13.7. The molecule has 0 unspecified atom stereocenters. The highest BCUT2D eigenvalue weighted by Crippen LogP contribution is 2.24. The first kappa shape index (κ1) is 15.3. The predicted octanol–water partition coefficient (Wildman–Crippen LogP) is 0.805. The van der Waals surface area contributed by atoms with Crippen molar-refractivity contribution >= 4 is 18.1 Å². The summed E-state index contributed by atoms with van der Waals surface area (Å²) in [4.78, 5) is 11.6. The van der Waals surface area contributed by atoms with Crippen LogP contribution in [0.2, 0.25) is 0 Å². The van der Waals surface area contributed by atoms with E-state index in [2.05, 4.69) is 26.1 Å². The quantitative estimate of drug-likeness (QED) is 0.527. The van der Waals surface area contributed by atoms with Crippen molar-refractivity contribution in [3.63, 3.8) is 0 Å². The van der Waals surface area contributed by atoms with E-state index in [1.165, 1.54) is 12.3 Å². The zero-order valence-corrected chi connectivity index (χ0v) is 12.3. The second-order valence-corrected chi connectivity index (χ2v) is 4.67. The summed E-state index contributed by atoms with van der Waals surface area (Å²) in [6.07, 6.45) is 1.30. The first-order valence-corrected chi connectivity index (χ1v) is 6.82. The average Bonchev–Trinajstić information content (AvgIpc) is 3.18. The fourth-order valence-corrected chi connectivity index (χ4v) is 1.89. The number of hydrogen-bond acceptors (Lipinski definition) is 7. The molecule has 0 radical (unpaired) electrons. The van der Waals surface area contributed by atoms with Crippen molar-refractivity contribution in [1.82, 2.24) is 25.6 Å². The zero-order chi connectivity index (χ0) is 16.9. The lowest BCUT2D eigenvalue weighted by atomic mass is 10.1. The number of anilines is 1. The van der Waals surface area contributed by atoms with E-state index in [1.54, 1.807) is 30.3 Å². The molecule has 0 aliphatic carbocycles. The summed E-state index contributed by atoms with van der Waals surface area (Å²) in [5.41, 5.74) is 8.07. The molecular weight excluding hydrogens is 317 g/mol. The fraction of sp³-hybridized carbons (Fsp3) is 0.0714. The van der Waals surface area contributed by atoms with E-state index in [9.17, 15) is 9.18 Å². The molecule has 2 heterocycles. The molecule has 3 rings (SSSR count). The Hall–Kier alpha value is -3.56. The molecule has 0 aliphatic rings. The van der Waals surface area contributed by atoms with Crippen LogP contribution in [0.25, 0.3) is 11.3 Å². The molecule has 1 amide bonds. The number of carbonyl (C=O) groups excluding carboxylic acids is 1. The number of halogens is 1. The standard InChI is InChI=1S/C14H12FN7O2/c15-11-4-2-1-3-10(11)12-6-5-9(24-12)7-17-18-13(23)8-22-14(16)19-20-21-22/h1-7H,8H2,(H,18,23)(H2,16,19,21)/b17-7+. The normalized spacial score (nSPS) is 11.0. The van der Waals surface area contributed by atoms with Gasteiger partial charge in [-0.3, -0.25) is 4.79 Å². The lowest BCUT2D eigenvalue weighted by Gasteiger charge is -1.99. The van der Waals surface area contributed by atoms with Crippen LogP contribution in [-0.4, -0.2) is 32.3 Å². The van der Waals surface area contributed by atoms with Crippen LogP contribution >= 0.6 is 0 Å². The number of furan rings is 1. The molecule has 24 heavy (non-hydrogen) atoms. The summed E-state index contributed by atoms with van der Waals surface area (Å²) >= 11 is 0. The van der Waals surface area contributed by atoms with E-state index in [0.717, 1.165) is 4.68 Å². The molecule has 3 N–H and O–H groups in total. The van der Waals surface area contributed by atoms with Gasteiger partial charge in [-0.05, 0) is 34.7 Å². The number of nitrogens with zero attached hydrogens (tertiary/aromatic N) is 5. The van der Waals surface area contributed by atoms with Gasteiger partial charge in [-0.2, -0.15) is 5.10 Å². The Morgan fingerprint density at radius 3 is 2.96 bits per heavy atom. The van der Waals surface area contributed by atoms with E-state index in [-0.39, 0.29) is 18.3 Å². The van der Waals surface area contributed by atoms with E-state index in [1.807, 2.05) is 0 Å². The number of carbonyl (C=O) groups is 1. The summed E-state index contributed by atoms with van der Waals surface area (Å²) in [7, 11) is 0. The molecule has 1 aromatic carbocycles. The van der Waals surface area contributed by atoms with Gasteiger partial charge in [0.2, 0.25) is 5.95 Å². The maximum atomic E-state index is 13.7. The van der Waals surface area contributed by atoms with Crippen LogP contribution in [0.15, 0.2) is 45.9 Å². The second-order valence-electron chi connectivity index (χ2n) is 4.67. The van der Waals surface area contributed by atoms with Gasteiger partial charge in [-0.25, -0.2) is 14.5 Å². The van der Waals surface area contributed by atoms with Gasteiger partial charge in [-0.15, -0.1) is 0 Å². The van der Waals surface area contributed by atoms with Crippen molar-refractivity contribution in [3.8, 4) is 11.3 Å². The minimum Gasteiger partial charge on any atom is -0.455 e. The number of benzene rings is 1. The molecule has 3 aromatic rings. The molecule has 0 bridgehead atoms. The third-order valence-corrected chi connectivity index (χ3v) is 3.00. The van der Waals surface area contributed by atoms with Crippen LogP contribution in [0.1, 0.15) is 5.76 Å². The fourth-order valence-electron chi connectivity index (χ4n) is 1.89. The summed E-state index contributed by atoms with van der Waals surface area (Å²) < 4.78 is 20.3. The maximum Gasteiger partial charge on any atom is 0.261 e. The number of hydrogen-bond donors (Lipinski definition) is 2. The summed E-state index contributed by atoms with van der Waals surface area (Å²) in [6, 6.07) is 9.47. The topological polar surface area (TPSA) is 124 Å². The highest BCUT2D eigenvalue weighted by atomic mass is 19.1. The number of nitrogens with two attached hydrogens (primary N) is 1. The van der Waals surface area contributed by atoms with Gasteiger partial charge < -0.3 is 10.2 Å². The second kappa shape index (κ2) is 6.69. The number of nitrogens with one attached hydrogen (secondary N) is 1. The lowest BCUT2D eigenvalue weighted by molar-refractivity contribution is -0.121. The van der Waals surface area contributed by atoms with Crippen LogP contribution in [-0.2, 0) is 11.3 Å². The third kappa shape index (κ3) is 3.43. The van der Waals surface area contributed by atoms with Gasteiger partial charge in [-0.1, -0.05) is 17.2 Å². The summed E-state index contributed by atoms with van der Waals surface area (Å²) in [5.74, 6) is -0.110. The molecule has 0 saturated heterocycles. The average molecular weight is 329 g/mol. The molecule has 2 aromatic heterocycles. The van der Waals surface area contributed by atoms with Gasteiger partial charge in [0.05, 0.1) is 11.8 Å². The van der Waals surface area contributed by atoms with Crippen molar-refractivity contribution in [3.05, 3.63) is 48.0 Å². The smallest absolute Gasteiger partial charge is 0.261 e. The molecule has 0 atom stereocenters. The Morgan fingerprint density at radius 2 is 2.21 bits per heavy atom. The van der Waals surface area contributed by atoms with Crippen LogP contribution in [0.4, 0.5) is 10.3 Å². The van der Waals surface area contributed by atoms with Crippen LogP contribution in [0.5, 0.6) is 0 Å². The van der Waals surface area contributed by atoms with Crippen LogP contribution < -0.4 is 11.2 Å². The van der Waals surface area contributed by atoms with Gasteiger partial charge in [0.25, 0.3) is 5.91 Å². The molecule has 0 saturated carbocycles. The first-order valence-electron chi connectivity index (χ1n) is 6.82. The van der Waals surface area contributed by atoms with Gasteiger partial charge in [0, 0.05) is 0 Å². The van der Waals surface area contributed by atoms with Crippen molar-refractivity contribution in [2.24, 2.45) is 5.10 Å². The molecule has 122 valence electrons. The predicted molar refractivity (Wildman–Crippen MR) is 82.1 cm³/mol. The van der Waals surface area contributed by atoms with Gasteiger partial charge >= 0.3 is 0 Å². The molecule has 0 spiro atoms. The number of amides is 1. The summed E-state index contributed by atoms with van der Waals surface area (Å²) in [5, 5.41) is 14.0. The van der Waals surface area contributed by atoms with Crippen molar-refractivity contribution in [2.45, 2.75) is 6.54 Å². The number of rotatable bonds is 5. The summed E-state index contributed by atoms with van der Waals surface area (Å²) in [6.45, 7) is -0.172. The third-order valence-electron chi connectivity index (χ3n) is 3.00. The number of aromatic nitrogens is 4. The lowest BCUT2D eigenvalue weighted by Crippen LogP contribution is -2.24.